The lowest BCUT2D eigenvalue weighted by atomic mass is 10.00. The van der Waals surface area contributed by atoms with Crippen molar-refractivity contribution in [3.8, 4) is 11.5 Å². The number of benzene rings is 4. The number of amides is 2. The second-order valence-corrected chi connectivity index (χ2v) is 9.48. The highest BCUT2D eigenvalue weighted by Gasteiger charge is 2.29. The first-order valence-corrected chi connectivity index (χ1v) is 13.9. The Balaban J connectivity index is 1.54. The average molecular weight is 582 g/mol. The maximum absolute atomic E-state index is 13.1. The van der Waals surface area contributed by atoms with Gasteiger partial charge in [0.15, 0.2) is 6.10 Å². The van der Waals surface area contributed by atoms with Gasteiger partial charge in [0.05, 0.1) is 18.0 Å². The number of ether oxygens (including phenoxy) is 3. The van der Waals surface area contributed by atoms with Crippen molar-refractivity contribution >= 4 is 29.1 Å². The van der Waals surface area contributed by atoms with E-state index in [1.165, 1.54) is 6.08 Å². The topological polar surface area (TPSA) is 132 Å². The summed E-state index contributed by atoms with van der Waals surface area (Å²) in [6, 6.07) is 32.4. The van der Waals surface area contributed by atoms with Crippen LogP contribution in [0.2, 0.25) is 0 Å². The Labute approximate surface area is 250 Å². The first-order valence-electron chi connectivity index (χ1n) is 13.9. The van der Waals surface area contributed by atoms with Crippen LogP contribution in [0.4, 0.5) is 21.9 Å². The van der Waals surface area contributed by atoms with Gasteiger partial charge in [-0.3, -0.25) is 10.1 Å². The maximum atomic E-state index is 13.1. The van der Waals surface area contributed by atoms with Gasteiger partial charge in [-0.15, -0.1) is 0 Å². The van der Waals surface area contributed by atoms with E-state index in [1.807, 2.05) is 48.5 Å². The number of anilines is 3. The number of carbonyl (C=O) groups excluding carboxylic acids is 2. The van der Waals surface area contributed by atoms with Crippen LogP contribution in [0, 0.1) is 0 Å². The van der Waals surface area contributed by atoms with Gasteiger partial charge in [0, 0.05) is 5.69 Å². The molecule has 0 aliphatic rings. The number of rotatable bonds is 14. The summed E-state index contributed by atoms with van der Waals surface area (Å²) in [6.45, 7) is 0.0552. The fraction of sp³-hybridized carbons (Fsp3) is 0.176. The van der Waals surface area contributed by atoms with Crippen molar-refractivity contribution in [2.75, 3.05) is 29.6 Å². The Bertz CT molecular complexity index is 1460. The van der Waals surface area contributed by atoms with Gasteiger partial charge >= 0.3 is 6.09 Å². The molecule has 2 atom stereocenters. The molecule has 0 bridgehead atoms. The van der Waals surface area contributed by atoms with Crippen LogP contribution < -0.4 is 25.8 Å². The Morgan fingerprint density at radius 3 is 2.19 bits per heavy atom. The van der Waals surface area contributed by atoms with Crippen LogP contribution in [0.3, 0.4) is 0 Å². The van der Waals surface area contributed by atoms with Crippen molar-refractivity contribution in [3.63, 3.8) is 0 Å². The zero-order valence-electron chi connectivity index (χ0n) is 23.6. The fourth-order valence-electron chi connectivity index (χ4n) is 4.24. The van der Waals surface area contributed by atoms with Crippen molar-refractivity contribution in [1.82, 2.24) is 0 Å². The van der Waals surface area contributed by atoms with Crippen LogP contribution >= 0.6 is 0 Å². The van der Waals surface area contributed by atoms with Crippen molar-refractivity contribution in [2.45, 2.75) is 25.0 Å². The van der Waals surface area contributed by atoms with Gasteiger partial charge in [0.1, 0.15) is 24.2 Å². The molecule has 0 saturated heterocycles. The average Bonchev–Trinajstić information content (AvgIpc) is 3.03. The molecular formula is C34H35N3O6. The third-order valence-electron chi connectivity index (χ3n) is 6.30. The predicted octanol–water partition coefficient (Wildman–Crippen LogP) is 6.35. The third-order valence-corrected chi connectivity index (χ3v) is 6.30. The van der Waals surface area contributed by atoms with Crippen LogP contribution in [0.25, 0.3) is 0 Å². The van der Waals surface area contributed by atoms with Crippen molar-refractivity contribution in [1.29, 1.82) is 0 Å². The first kappa shape index (κ1) is 30.7. The SMILES string of the molecule is Nc1ccccc1NC(=O)/C=C/CC[C@@H](Oc1ccccc1)[C@H](OC(=O)Nc1ccccc1)c1ccc(OCCO)cc1. The number of allylic oxidation sites excluding steroid dienone is 1. The van der Waals surface area contributed by atoms with E-state index < -0.39 is 18.3 Å². The number of nitrogens with two attached hydrogens (primary N) is 1. The zero-order valence-corrected chi connectivity index (χ0v) is 23.6. The van der Waals surface area contributed by atoms with Crippen molar-refractivity contribution < 1.29 is 28.9 Å². The van der Waals surface area contributed by atoms with E-state index in [1.54, 1.807) is 66.7 Å². The Morgan fingerprint density at radius 1 is 0.814 bits per heavy atom. The van der Waals surface area contributed by atoms with Gasteiger partial charge < -0.3 is 30.4 Å². The third kappa shape index (κ3) is 9.94. The summed E-state index contributed by atoms with van der Waals surface area (Å²) in [7, 11) is 0. The quantitative estimate of drug-likeness (QED) is 0.101. The monoisotopic (exact) mass is 581 g/mol. The highest BCUT2D eigenvalue weighted by atomic mass is 16.6. The number of hydrogen-bond acceptors (Lipinski definition) is 7. The Hall–Kier alpha value is -5.28. The highest BCUT2D eigenvalue weighted by Crippen LogP contribution is 2.30. The minimum atomic E-state index is -0.817. The molecule has 2 amide bonds. The van der Waals surface area contributed by atoms with E-state index >= 15 is 0 Å². The molecule has 0 aliphatic heterocycles. The van der Waals surface area contributed by atoms with Gasteiger partial charge in [0.2, 0.25) is 5.91 Å². The minimum Gasteiger partial charge on any atom is -0.491 e. The molecule has 9 heteroatoms. The largest absolute Gasteiger partial charge is 0.491 e. The second-order valence-electron chi connectivity index (χ2n) is 9.48. The van der Waals surface area contributed by atoms with Crippen LogP contribution in [0.15, 0.2) is 121 Å². The standard InChI is InChI=1S/C34H35N3O6/c35-29-15-7-8-16-30(29)37-32(39)18-10-9-17-31(42-28-13-5-2-6-14-28)33(25-19-21-27(22-20-25)41-24-23-38)43-34(40)36-26-11-3-1-4-12-26/h1-8,10-16,18-22,31,33,38H,9,17,23-24,35H2,(H,36,40)(H,37,39)/b18-10+/t31-,33-/m1/s1. The van der Waals surface area contributed by atoms with Crippen LogP contribution in [0.5, 0.6) is 11.5 Å². The Kier molecular flexibility index (Phi) is 11.6. The summed E-state index contributed by atoms with van der Waals surface area (Å²) >= 11 is 0. The molecule has 0 fully saturated rings. The summed E-state index contributed by atoms with van der Waals surface area (Å²) in [5.74, 6) is 0.861. The number of aliphatic hydroxyl groups excluding tert-OH is 1. The molecule has 0 saturated carbocycles. The summed E-state index contributed by atoms with van der Waals surface area (Å²) in [5, 5.41) is 14.6. The minimum absolute atomic E-state index is 0.107. The number of carbonyl (C=O) groups is 2. The molecule has 4 aromatic carbocycles. The van der Waals surface area contributed by atoms with E-state index in [2.05, 4.69) is 10.6 Å². The Morgan fingerprint density at radius 2 is 1.49 bits per heavy atom. The van der Waals surface area contributed by atoms with Gasteiger partial charge in [-0.05, 0) is 73.0 Å². The fourth-order valence-corrected chi connectivity index (χ4v) is 4.24. The van der Waals surface area contributed by atoms with Gasteiger partial charge in [0.25, 0.3) is 0 Å². The lowest BCUT2D eigenvalue weighted by Crippen LogP contribution is -2.31. The number of nitrogens with one attached hydrogen (secondary N) is 2. The summed E-state index contributed by atoms with van der Waals surface area (Å²) in [6.07, 6.45) is 1.97. The van der Waals surface area contributed by atoms with E-state index in [0.717, 1.165) is 0 Å². The van der Waals surface area contributed by atoms with Crippen LogP contribution in [0.1, 0.15) is 24.5 Å². The maximum Gasteiger partial charge on any atom is 0.412 e. The van der Waals surface area contributed by atoms with E-state index in [9.17, 15) is 9.59 Å². The van der Waals surface area contributed by atoms with Crippen molar-refractivity contribution in [3.05, 3.63) is 127 Å². The smallest absolute Gasteiger partial charge is 0.412 e. The first-order chi connectivity index (χ1) is 21.0. The lowest BCUT2D eigenvalue weighted by molar-refractivity contribution is -0.111. The molecule has 222 valence electrons. The van der Waals surface area contributed by atoms with Gasteiger partial charge in [-0.25, -0.2) is 4.79 Å². The summed E-state index contributed by atoms with van der Waals surface area (Å²) in [4.78, 5) is 25.6. The highest BCUT2D eigenvalue weighted by molar-refractivity contribution is 6.01. The van der Waals surface area contributed by atoms with E-state index in [0.29, 0.717) is 47.0 Å². The molecule has 9 nitrogen and oxygen atoms in total. The molecule has 4 rings (SSSR count). The van der Waals surface area contributed by atoms with Crippen molar-refractivity contribution in [2.24, 2.45) is 0 Å². The van der Waals surface area contributed by atoms with Crippen LogP contribution in [-0.2, 0) is 9.53 Å². The normalized spacial score (nSPS) is 12.2. The predicted molar refractivity (Wildman–Crippen MR) is 167 cm³/mol. The van der Waals surface area contributed by atoms with Gasteiger partial charge in [-0.2, -0.15) is 0 Å². The second kappa shape index (κ2) is 16.2. The molecule has 0 aromatic heterocycles. The number of aliphatic hydroxyl groups is 1. The number of para-hydroxylation sites is 4. The molecular weight excluding hydrogens is 546 g/mol. The molecule has 4 aromatic rings. The molecule has 0 spiro atoms. The molecule has 0 radical (unpaired) electrons. The zero-order chi connectivity index (χ0) is 30.3. The molecule has 5 N–H and O–H groups in total. The molecule has 0 heterocycles. The van der Waals surface area contributed by atoms with E-state index in [4.69, 9.17) is 25.1 Å². The lowest BCUT2D eigenvalue weighted by Gasteiger charge is -2.28. The van der Waals surface area contributed by atoms with Gasteiger partial charge in [-0.1, -0.05) is 66.7 Å². The summed E-state index contributed by atoms with van der Waals surface area (Å²) in [5.41, 5.74) is 8.21. The van der Waals surface area contributed by atoms with E-state index in [-0.39, 0.29) is 19.1 Å². The molecule has 0 unspecified atom stereocenters. The van der Waals surface area contributed by atoms with Crippen LogP contribution in [-0.4, -0.2) is 36.4 Å². The number of hydrogen-bond donors (Lipinski definition) is 4. The summed E-state index contributed by atoms with van der Waals surface area (Å²) < 4.78 is 17.9. The molecule has 43 heavy (non-hydrogen) atoms. The molecule has 0 aliphatic carbocycles. The number of nitrogen functional groups attached to an aromatic ring is 1.